The van der Waals surface area contributed by atoms with Crippen molar-refractivity contribution in [3.8, 4) is 0 Å². The highest BCUT2D eigenvalue weighted by molar-refractivity contribution is 7.99. The molecule has 0 spiro atoms. The van der Waals surface area contributed by atoms with Gasteiger partial charge in [0, 0.05) is 23.2 Å². The number of carbonyl (C=O) groups is 1. The number of carbonyl (C=O) groups excluding carboxylic acids is 1. The molecular weight excluding hydrogens is 244 g/mol. The molecular formula is C14H18N2OS. The first-order valence-corrected chi connectivity index (χ1v) is 7.49. The van der Waals surface area contributed by atoms with Crippen molar-refractivity contribution in [2.75, 3.05) is 12.3 Å². The molecule has 1 aliphatic heterocycles. The van der Waals surface area contributed by atoms with Gasteiger partial charge in [-0.15, -0.1) is 11.8 Å². The van der Waals surface area contributed by atoms with Gasteiger partial charge in [-0.25, -0.2) is 0 Å². The third-order valence-corrected chi connectivity index (χ3v) is 4.94. The molecule has 1 fully saturated rings. The molecule has 1 aromatic carbocycles. The Morgan fingerprint density at radius 1 is 1.44 bits per heavy atom. The summed E-state index contributed by atoms with van der Waals surface area (Å²) in [5, 5.41) is 3.01. The van der Waals surface area contributed by atoms with Crippen LogP contribution in [0.1, 0.15) is 24.3 Å². The zero-order valence-electron chi connectivity index (χ0n) is 10.3. The van der Waals surface area contributed by atoms with Crippen molar-refractivity contribution in [3.05, 3.63) is 29.8 Å². The highest BCUT2D eigenvalue weighted by Gasteiger charge is 2.31. The quantitative estimate of drug-likeness (QED) is 0.869. The molecule has 0 bridgehead atoms. The summed E-state index contributed by atoms with van der Waals surface area (Å²) < 4.78 is 0. The number of benzene rings is 1. The van der Waals surface area contributed by atoms with Crippen LogP contribution in [0.4, 0.5) is 0 Å². The molecule has 2 unspecified atom stereocenters. The highest BCUT2D eigenvalue weighted by atomic mass is 32.2. The lowest BCUT2D eigenvalue weighted by molar-refractivity contribution is -0.122. The SMILES string of the molecule is NC(CNC(=O)C1CSc2ccccc21)C1CC1. The van der Waals surface area contributed by atoms with E-state index in [2.05, 4.69) is 17.4 Å². The third kappa shape index (κ3) is 2.40. The molecule has 0 saturated heterocycles. The van der Waals surface area contributed by atoms with Crippen molar-refractivity contribution in [1.82, 2.24) is 5.32 Å². The first-order valence-electron chi connectivity index (χ1n) is 6.50. The maximum Gasteiger partial charge on any atom is 0.228 e. The lowest BCUT2D eigenvalue weighted by atomic mass is 10.0. The molecule has 1 aromatic rings. The van der Waals surface area contributed by atoms with Gasteiger partial charge in [-0.1, -0.05) is 18.2 Å². The Bertz CT molecular complexity index is 459. The van der Waals surface area contributed by atoms with Crippen molar-refractivity contribution in [2.45, 2.75) is 29.7 Å². The number of rotatable bonds is 4. The van der Waals surface area contributed by atoms with E-state index in [0.717, 1.165) is 5.75 Å². The molecule has 1 saturated carbocycles. The Hall–Kier alpha value is -1.00. The van der Waals surface area contributed by atoms with Gasteiger partial charge in [0.15, 0.2) is 0 Å². The summed E-state index contributed by atoms with van der Waals surface area (Å²) in [5.41, 5.74) is 7.17. The summed E-state index contributed by atoms with van der Waals surface area (Å²) in [6, 6.07) is 8.30. The standard InChI is InChI=1S/C14H18N2OS/c15-12(9-5-6-9)7-16-14(17)11-8-18-13-4-2-1-3-10(11)13/h1-4,9,11-12H,5-8,15H2,(H,16,17). The van der Waals surface area contributed by atoms with Crippen LogP contribution >= 0.6 is 11.8 Å². The van der Waals surface area contributed by atoms with Gasteiger partial charge in [-0.05, 0) is 30.4 Å². The largest absolute Gasteiger partial charge is 0.354 e. The first-order chi connectivity index (χ1) is 8.75. The van der Waals surface area contributed by atoms with Crippen molar-refractivity contribution in [2.24, 2.45) is 11.7 Å². The van der Waals surface area contributed by atoms with Gasteiger partial charge in [-0.3, -0.25) is 4.79 Å². The van der Waals surface area contributed by atoms with Gasteiger partial charge >= 0.3 is 0 Å². The Labute approximate surface area is 112 Å². The van der Waals surface area contributed by atoms with Crippen LogP contribution in [0.15, 0.2) is 29.2 Å². The number of nitrogens with one attached hydrogen (secondary N) is 1. The zero-order valence-corrected chi connectivity index (χ0v) is 11.1. The van der Waals surface area contributed by atoms with E-state index < -0.39 is 0 Å². The second-order valence-electron chi connectivity index (χ2n) is 5.15. The van der Waals surface area contributed by atoms with Gasteiger partial charge in [0.2, 0.25) is 5.91 Å². The molecule has 2 atom stereocenters. The van der Waals surface area contributed by atoms with E-state index >= 15 is 0 Å². The predicted octanol–water partition coefficient (Wildman–Crippen LogP) is 1.73. The molecule has 18 heavy (non-hydrogen) atoms. The molecule has 1 amide bonds. The van der Waals surface area contributed by atoms with E-state index in [-0.39, 0.29) is 17.9 Å². The van der Waals surface area contributed by atoms with Crippen molar-refractivity contribution < 1.29 is 4.79 Å². The zero-order chi connectivity index (χ0) is 12.5. The van der Waals surface area contributed by atoms with Crippen LogP contribution in [0.25, 0.3) is 0 Å². The Kier molecular flexibility index (Phi) is 3.31. The van der Waals surface area contributed by atoms with Crippen LogP contribution in [0, 0.1) is 5.92 Å². The number of amides is 1. The Morgan fingerprint density at radius 2 is 2.22 bits per heavy atom. The Morgan fingerprint density at radius 3 is 3.00 bits per heavy atom. The number of fused-ring (bicyclic) bond motifs is 1. The maximum atomic E-state index is 12.2. The Balaban J connectivity index is 1.60. The molecule has 96 valence electrons. The molecule has 1 aliphatic carbocycles. The van der Waals surface area contributed by atoms with E-state index in [0.29, 0.717) is 12.5 Å². The molecule has 0 radical (unpaired) electrons. The van der Waals surface area contributed by atoms with Gasteiger partial charge in [0.25, 0.3) is 0 Å². The maximum absolute atomic E-state index is 12.2. The van der Waals surface area contributed by atoms with Gasteiger partial charge in [0.1, 0.15) is 0 Å². The van der Waals surface area contributed by atoms with Crippen LogP contribution in [0.3, 0.4) is 0 Å². The second-order valence-corrected chi connectivity index (χ2v) is 6.21. The van der Waals surface area contributed by atoms with Crippen molar-refractivity contribution in [3.63, 3.8) is 0 Å². The van der Waals surface area contributed by atoms with Crippen LogP contribution < -0.4 is 11.1 Å². The minimum Gasteiger partial charge on any atom is -0.354 e. The monoisotopic (exact) mass is 262 g/mol. The lowest BCUT2D eigenvalue weighted by Gasteiger charge is -2.15. The smallest absolute Gasteiger partial charge is 0.228 e. The summed E-state index contributed by atoms with van der Waals surface area (Å²) in [4.78, 5) is 13.4. The van der Waals surface area contributed by atoms with Crippen LogP contribution in [-0.4, -0.2) is 24.2 Å². The van der Waals surface area contributed by atoms with Crippen molar-refractivity contribution in [1.29, 1.82) is 0 Å². The average Bonchev–Trinajstić information content (AvgIpc) is 3.15. The molecule has 3 rings (SSSR count). The predicted molar refractivity (Wildman–Crippen MR) is 73.6 cm³/mol. The van der Waals surface area contributed by atoms with E-state index in [4.69, 9.17) is 5.73 Å². The minimum atomic E-state index is -0.00222. The van der Waals surface area contributed by atoms with E-state index in [9.17, 15) is 4.79 Å². The number of hydrogen-bond acceptors (Lipinski definition) is 3. The lowest BCUT2D eigenvalue weighted by Crippen LogP contribution is -2.40. The summed E-state index contributed by atoms with van der Waals surface area (Å²) in [6.45, 7) is 0.618. The fourth-order valence-electron chi connectivity index (χ4n) is 2.41. The number of thioether (sulfide) groups is 1. The van der Waals surface area contributed by atoms with Gasteiger partial charge in [-0.2, -0.15) is 0 Å². The average molecular weight is 262 g/mol. The molecule has 0 aromatic heterocycles. The van der Waals surface area contributed by atoms with E-state index in [1.54, 1.807) is 11.8 Å². The van der Waals surface area contributed by atoms with Crippen LogP contribution in [0.2, 0.25) is 0 Å². The van der Waals surface area contributed by atoms with E-state index in [1.807, 2.05) is 12.1 Å². The second kappa shape index (κ2) is 4.94. The summed E-state index contributed by atoms with van der Waals surface area (Å²) in [5.74, 6) is 1.61. The fourth-order valence-corrected chi connectivity index (χ4v) is 3.64. The third-order valence-electron chi connectivity index (χ3n) is 3.76. The summed E-state index contributed by atoms with van der Waals surface area (Å²) >= 11 is 1.77. The fraction of sp³-hybridized carbons (Fsp3) is 0.500. The minimum absolute atomic E-state index is 0.00222. The summed E-state index contributed by atoms with van der Waals surface area (Å²) in [7, 11) is 0. The molecule has 1 heterocycles. The summed E-state index contributed by atoms with van der Waals surface area (Å²) in [6.07, 6.45) is 2.44. The molecule has 2 aliphatic rings. The molecule has 3 N–H and O–H groups in total. The normalized spacial score (nSPS) is 23.5. The highest BCUT2D eigenvalue weighted by Crippen LogP contribution is 2.39. The van der Waals surface area contributed by atoms with Crippen LogP contribution in [0.5, 0.6) is 0 Å². The number of nitrogens with two attached hydrogens (primary N) is 1. The topological polar surface area (TPSA) is 55.1 Å². The van der Waals surface area contributed by atoms with Crippen molar-refractivity contribution >= 4 is 17.7 Å². The van der Waals surface area contributed by atoms with E-state index in [1.165, 1.54) is 23.3 Å². The number of hydrogen-bond donors (Lipinski definition) is 2. The molecule has 3 nitrogen and oxygen atoms in total. The van der Waals surface area contributed by atoms with Gasteiger partial charge in [0.05, 0.1) is 5.92 Å². The van der Waals surface area contributed by atoms with Gasteiger partial charge < -0.3 is 11.1 Å². The molecule has 4 heteroatoms. The first kappa shape index (κ1) is 12.1. The van der Waals surface area contributed by atoms with Crippen LogP contribution in [-0.2, 0) is 4.79 Å².